The van der Waals surface area contributed by atoms with Crippen molar-refractivity contribution in [2.45, 2.75) is 38.9 Å². The molecule has 0 aliphatic rings. The minimum atomic E-state index is -0.859. The molecule has 4 aromatic rings. The van der Waals surface area contributed by atoms with Crippen LogP contribution in [0.4, 0.5) is 13.2 Å². The highest BCUT2D eigenvalue weighted by molar-refractivity contribution is 5.71. The Morgan fingerprint density at radius 3 is 2.05 bits per heavy atom. The Balaban J connectivity index is 1.85. The fourth-order valence-electron chi connectivity index (χ4n) is 4.74. The van der Waals surface area contributed by atoms with E-state index in [0.717, 1.165) is 23.3 Å². The largest absolute Gasteiger partial charge is 0.466 e. The lowest BCUT2D eigenvalue weighted by atomic mass is 9.93. The van der Waals surface area contributed by atoms with Crippen LogP contribution in [0, 0.1) is 17.5 Å². The Morgan fingerprint density at radius 1 is 0.789 bits per heavy atom. The van der Waals surface area contributed by atoms with E-state index in [1.807, 2.05) is 67.6 Å². The second-order valence-corrected chi connectivity index (χ2v) is 9.11. The van der Waals surface area contributed by atoms with E-state index in [0.29, 0.717) is 12.1 Å². The van der Waals surface area contributed by atoms with E-state index in [4.69, 9.17) is 4.74 Å². The van der Waals surface area contributed by atoms with E-state index in [9.17, 15) is 18.0 Å². The predicted octanol–water partition coefficient (Wildman–Crippen LogP) is 8.03. The second kappa shape index (κ2) is 12.6. The van der Waals surface area contributed by atoms with Crippen LogP contribution in [0.25, 0.3) is 11.1 Å². The van der Waals surface area contributed by atoms with Gasteiger partial charge in [0, 0.05) is 24.2 Å². The minimum absolute atomic E-state index is 0.0251. The Labute approximate surface area is 221 Å². The van der Waals surface area contributed by atoms with Gasteiger partial charge in [-0.1, -0.05) is 72.8 Å². The molecule has 0 bridgehead atoms. The number of esters is 1. The Morgan fingerprint density at radius 2 is 1.42 bits per heavy atom. The van der Waals surface area contributed by atoms with Gasteiger partial charge in [0.15, 0.2) is 0 Å². The first-order valence-electron chi connectivity index (χ1n) is 12.6. The van der Waals surface area contributed by atoms with Gasteiger partial charge in [0.25, 0.3) is 0 Å². The topological polar surface area (TPSA) is 29.5 Å². The van der Waals surface area contributed by atoms with E-state index in [-0.39, 0.29) is 24.6 Å². The maximum Gasteiger partial charge on any atom is 0.307 e. The van der Waals surface area contributed by atoms with Crippen LogP contribution < -0.4 is 0 Å². The number of hydrogen-bond donors (Lipinski definition) is 0. The summed E-state index contributed by atoms with van der Waals surface area (Å²) < 4.78 is 49.6. The monoisotopic (exact) mass is 517 g/mol. The van der Waals surface area contributed by atoms with Crippen molar-refractivity contribution < 1.29 is 22.7 Å². The van der Waals surface area contributed by atoms with Gasteiger partial charge in [-0.15, -0.1) is 0 Å². The number of nitrogens with zero attached hydrogens (tertiary/aromatic N) is 1. The van der Waals surface area contributed by atoms with Gasteiger partial charge in [-0.25, -0.2) is 13.2 Å². The van der Waals surface area contributed by atoms with E-state index in [1.165, 1.54) is 18.2 Å². The average molecular weight is 518 g/mol. The molecule has 196 valence electrons. The van der Waals surface area contributed by atoms with Crippen molar-refractivity contribution in [3.05, 3.63) is 131 Å². The molecule has 38 heavy (non-hydrogen) atoms. The number of ether oxygens (including phenoxy) is 1. The fraction of sp³-hybridized carbons (Fsp3) is 0.219. The second-order valence-electron chi connectivity index (χ2n) is 9.11. The molecule has 0 saturated heterocycles. The molecule has 4 rings (SSSR count). The summed E-state index contributed by atoms with van der Waals surface area (Å²) in [6, 6.07) is 26.6. The van der Waals surface area contributed by atoms with Crippen LogP contribution in [0.5, 0.6) is 0 Å². The normalized spacial score (nSPS) is 12.8. The number of hydrogen-bond acceptors (Lipinski definition) is 3. The maximum absolute atomic E-state index is 15.0. The van der Waals surface area contributed by atoms with Gasteiger partial charge in [-0.3, -0.25) is 9.69 Å². The molecule has 2 atom stereocenters. The zero-order valence-corrected chi connectivity index (χ0v) is 21.4. The zero-order valence-electron chi connectivity index (χ0n) is 21.4. The highest BCUT2D eigenvalue weighted by Gasteiger charge is 2.30. The minimum Gasteiger partial charge on any atom is -0.466 e. The predicted molar refractivity (Wildman–Crippen MR) is 143 cm³/mol. The number of rotatable bonds is 10. The van der Waals surface area contributed by atoms with Gasteiger partial charge in [0.05, 0.1) is 18.6 Å². The molecule has 0 heterocycles. The van der Waals surface area contributed by atoms with Crippen molar-refractivity contribution in [2.24, 2.45) is 0 Å². The lowest BCUT2D eigenvalue weighted by Crippen LogP contribution is -2.33. The van der Waals surface area contributed by atoms with Crippen molar-refractivity contribution in [2.75, 3.05) is 6.61 Å². The van der Waals surface area contributed by atoms with Crippen LogP contribution in [-0.2, 0) is 16.1 Å². The summed E-state index contributed by atoms with van der Waals surface area (Å²) in [6.07, 6.45) is -0.0251. The third-order valence-corrected chi connectivity index (χ3v) is 6.66. The molecule has 0 spiro atoms. The molecule has 0 N–H and O–H groups in total. The maximum atomic E-state index is 15.0. The summed E-state index contributed by atoms with van der Waals surface area (Å²) in [7, 11) is 0. The Bertz CT molecular complexity index is 1340. The number of halogens is 3. The van der Waals surface area contributed by atoms with E-state index in [1.54, 1.807) is 13.0 Å². The van der Waals surface area contributed by atoms with Gasteiger partial charge in [-0.2, -0.15) is 0 Å². The van der Waals surface area contributed by atoms with Crippen molar-refractivity contribution in [3.8, 4) is 11.1 Å². The van der Waals surface area contributed by atoms with Crippen LogP contribution in [0.3, 0.4) is 0 Å². The SMILES string of the molecule is CCOC(=O)C[C@@H](c1ccc(F)c(-c2c(F)cccc2F)c1)N(Cc1ccccc1)[C@H](C)c1ccccc1. The molecule has 0 amide bonds. The fourth-order valence-corrected chi connectivity index (χ4v) is 4.74. The third-order valence-electron chi connectivity index (χ3n) is 6.66. The van der Waals surface area contributed by atoms with Crippen LogP contribution in [0.1, 0.15) is 49.0 Å². The van der Waals surface area contributed by atoms with Crippen LogP contribution in [-0.4, -0.2) is 17.5 Å². The summed E-state index contributed by atoms with van der Waals surface area (Å²) in [5.41, 5.74) is 1.97. The number of benzene rings is 4. The standard InChI is InChI=1S/C32H30F3NO2/c1-3-38-31(37)20-30(25-17-18-27(33)26(19-25)32-28(34)15-10-16-29(32)35)36(21-23-11-6-4-7-12-23)22(2)24-13-8-5-9-14-24/h4-19,22,30H,3,20-21H2,1-2H3/t22-,30+/m1/s1. The van der Waals surface area contributed by atoms with Crippen LogP contribution >= 0.6 is 0 Å². The highest BCUT2D eigenvalue weighted by atomic mass is 19.1. The first-order chi connectivity index (χ1) is 18.4. The van der Waals surface area contributed by atoms with Gasteiger partial charge < -0.3 is 4.74 Å². The van der Waals surface area contributed by atoms with E-state index >= 15 is 0 Å². The van der Waals surface area contributed by atoms with Gasteiger partial charge >= 0.3 is 5.97 Å². The highest BCUT2D eigenvalue weighted by Crippen LogP contribution is 2.38. The lowest BCUT2D eigenvalue weighted by molar-refractivity contribution is -0.145. The number of carbonyl (C=O) groups excluding carboxylic acids is 1. The third kappa shape index (κ3) is 6.32. The van der Waals surface area contributed by atoms with Crippen molar-refractivity contribution in [3.63, 3.8) is 0 Å². The van der Waals surface area contributed by atoms with E-state index < -0.39 is 35.0 Å². The van der Waals surface area contributed by atoms with Gasteiger partial charge in [-0.05, 0) is 54.8 Å². The van der Waals surface area contributed by atoms with Crippen LogP contribution in [0.15, 0.2) is 97.1 Å². The molecule has 0 aliphatic carbocycles. The molecule has 0 saturated carbocycles. The number of carbonyl (C=O) groups is 1. The molecule has 0 radical (unpaired) electrons. The Hall–Kier alpha value is -3.90. The molecular formula is C32H30F3NO2. The molecule has 3 nitrogen and oxygen atoms in total. The summed E-state index contributed by atoms with van der Waals surface area (Å²) >= 11 is 0. The van der Waals surface area contributed by atoms with Crippen molar-refractivity contribution >= 4 is 5.97 Å². The molecule has 0 fully saturated rings. The quantitative estimate of drug-likeness (QED) is 0.200. The first-order valence-corrected chi connectivity index (χ1v) is 12.6. The summed E-state index contributed by atoms with van der Waals surface area (Å²) in [5, 5.41) is 0. The van der Waals surface area contributed by atoms with Gasteiger partial charge in [0.1, 0.15) is 17.5 Å². The molecule has 4 aromatic carbocycles. The van der Waals surface area contributed by atoms with Crippen molar-refractivity contribution in [1.82, 2.24) is 4.90 Å². The summed E-state index contributed by atoms with van der Waals surface area (Å²) in [6.45, 7) is 4.46. The first kappa shape index (κ1) is 27.1. The Kier molecular flexibility index (Phi) is 8.98. The zero-order chi connectivity index (χ0) is 27.1. The molecule has 0 unspecified atom stereocenters. The van der Waals surface area contributed by atoms with Crippen LogP contribution in [0.2, 0.25) is 0 Å². The van der Waals surface area contributed by atoms with Crippen molar-refractivity contribution in [1.29, 1.82) is 0 Å². The summed E-state index contributed by atoms with van der Waals surface area (Å²) in [4.78, 5) is 15.0. The summed E-state index contributed by atoms with van der Waals surface area (Å²) in [5.74, 6) is -2.89. The van der Waals surface area contributed by atoms with E-state index in [2.05, 4.69) is 4.90 Å². The molecule has 0 aromatic heterocycles. The average Bonchev–Trinajstić information content (AvgIpc) is 2.92. The lowest BCUT2D eigenvalue weighted by Gasteiger charge is -2.37. The molecule has 6 heteroatoms. The molecular weight excluding hydrogens is 487 g/mol. The smallest absolute Gasteiger partial charge is 0.307 e. The van der Waals surface area contributed by atoms with Gasteiger partial charge in [0.2, 0.25) is 0 Å². The molecule has 0 aliphatic heterocycles.